The Morgan fingerprint density at radius 1 is 1.28 bits per heavy atom. The Labute approximate surface area is 145 Å². The van der Waals surface area contributed by atoms with Gasteiger partial charge in [-0.15, -0.1) is 0 Å². The third-order valence-corrected chi connectivity index (χ3v) is 3.96. The number of hydrogen-bond donors (Lipinski definition) is 1. The summed E-state index contributed by atoms with van der Waals surface area (Å²) in [7, 11) is 0. The van der Waals surface area contributed by atoms with Crippen molar-refractivity contribution in [1.82, 2.24) is 19.9 Å². The molecule has 3 rings (SSSR count). The molecular weight excluding hydrogens is 319 g/mol. The van der Waals surface area contributed by atoms with Crippen molar-refractivity contribution >= 4 is 17.1 Å². The Balaban J connectivity index is 1.63. The van der Waals surface area contributed by atoms with Crippen LogP contribution in [-0.2, 0) is 17.6 Å². The van der Waals surface area contributed by atoms with Gasteiger partial charge in [-0.3, -0.25) is 4.79 Å². The molecule has 5 nitrogen and oxygen atoms in total. The molecule has 0 aliphatic rings. The lowest BCUT2D eigenvalue weighted by molar-refractivity contribution is -0.120. The van der Waals surface area contributed by atoms with Gasteiger partial charge in [-0.05, 0) is 43.7 Å². The fourth-order valence-electron chi connectivity index (χ4n) is 2.90. The van der Waals surface area contributed by atoms with Gasteiger partial charge in [0.25, 0.3) is 0 Å². The highest BCUT2D eigenvalue weighted by atomic mass is 19.1. The summed E-state index contributed by atoms with van der Waals surface area (Å²) in [6, 6.07) is 10.1. The van der Waals surface area contributed by atoms with E-state index in [9.17, 15) is 9.18 Å². The van der Waals surface area contributed by atoms with E-state index in [-0.39, 0.29) is 24.2 Å². The number of carbonyl (C=O) groups excluding carboxylic acids is 1. The Bertz CT molecular complexity index is 888. The third-order valence-electron chi connectivity index (χ3n) is 3.96. The van der Waals surface area contributed by atoms with Crippen LogP contribution >= 0.6 is 0 Å². The topological polar surface area (TPSA) is 59.8 Å². The van der Waals surface area contributed by atoms with Crippen molar-refractivity contribution < 1.29 is 9.18 Å². The Hall–Kier alpha value is -2.76. The molecule has 0 saturated carbocycles. The molecule has 0 atom stereocenters. The molecule has 1 N–H and O–H groups in total. The van der Waals surface area contributed by atoms with E-state index in [0.29, 0.717) is 18.5 Å². The summed E-state index contributed by atoms with van der Waals surface area (Å²) >= 11 is 0. The number of rotatable bonds is 6. The van der Waals surface area contributed by atoms with E-state index in [1.165, 1.54) is 12.1 Å². The Morgan fingerprint density at radius 2 is 2.12 bits per heavy atom. The minimum Gasteiger partial charge on any atom is -0.355 e. The van der Waals surface area contributed by atoms with E-state index < -0.39 is 0 Å². The van der Waals surface area contributed by atoms with E-state index >= 15 is 0 Å². The van der Waals surface area contributed by atoms with Crippen LogP contribution in [0.3, 0.4) is 0 Å². The van der Waals surface area contributed by atoms with Crippen LogP contribution in [0.25, 0.3) is 11.2 Å². The summed E-state index contributed by atoms with van der Waals surface area (Å²) in [4.78, 5) is 21.1. The number of aromatic nitrogens is 3. The molecule has 130 valence electrons. The van der Waals surface area contributed by atoms with Crippen LogP contribution in [0.1, 0.15) is 31.3 Å². The standard InChI is InChI=1S/C19H21FN4O/c1-13(2)24-17(23-16-7-4-9-22-19(16)24)8-10-21-18(25)12-14-5-3-6-15(20)11-14/h3-7,9,11,13H,8,10,12H2,1-2H3,(H,21,25). The van der Waals surface area contributed by atoms with Gasteiger partial charge in [0.2, 0.25) is 5.91 Å². The van der Waals surface area contributed by atoms with Crippen LogP contribution in [0.2, 0.25) is 0 Å². The van der Waals surface area contributed by atoms with Gasteiger partial charge in [0, 0.05) is 25.2 Å². The van der Waals surface area contributed by atoms with Crippen molar-refractivity contribution in [3.05, 3.63) is 59.8 Å². The second-order valence-electron chi connectivity index (χ2n) is 6.24. The van der Waals surface area contributed by atoms with Crippen LogP contribution in [0.15, 0.2) is 42.6 Å². The number of fused-ring (bicyclic) bond motifs is 1. The van der Waals surface area contributed by atoms with Gasteiger partial charge >= 0.3 is 0 Å². The molecular formula is C19H21FN4O. The number of nitrogens with zero attached hydrogens (tertiary/aromatic N) is 3. The first-order valence-corrected chi connectivity index (χ1v) is 8.37. The lowest BCUT2D eigenvalue weighted by atomic mass is 10.1. The molecule has 25 heavy (non-hydrogen) atoms. The first-order valence-electron chi connectivity index (χ1n) is 8.37. The van der Waals surface area contributed by atoms with Crippen molar-refractivity contribution in [2.75, 3.05) is 6.54 Å². The van der Waals surface area contributed by atoms with Crippen molar-refractivity contribution in [1.29, 1.82) is 0 Å². The summed E-state index contributed by atoms with van der Waals surface area (Å²) in [5.41, 5.74) is 2.38. The molecule has 0 radical (unpaired) electrons. The van der Waals surface area contributed by atoms with E-state index in [1.807, 2.05) is 12.1 Å². The van der Waals surface area contributed by atoms with E-state index in [2.05, 4.69) is 33.7 Å². The largest absolute Gasteiger partial charge is 0.355 e. The van der Waals surface area contributed by atoms with Crippen LogP contribution in [0.5, 0.6) is 0 Å². The van der Waals surface area contributed by atoms with Gasteiger partial charge in [-0.1, -0.05) is 12.1 Å². The monoisotopic (exact) mass is 340 g/mol. The number of halogens is 1. The second-order valence-corrected chi connectivity index (χ2v) is 6.24. The molecule has 2 heterocycles. The summed E-state index contributed by atoms with van der Waals surface area (Å²) in [5.74, 6) is 0.439. The van der Waals surface area contributed by atoms with Crippen LogP contribution in [0, 0.1) is 5.82 Å². The quantitative estimate of drug-likeness (QED) is 0.750. The number of hydrogen-bond acceptors (Lipinski definition) is 3. The van der Waals surface area contributed by atoms with Crippen molar-refractivity contribution in [2.45, 2.75) is 32.7 Å². The summed E-state index contributed by atoms with van der Waals surface area (Å²) < 4.78 is 15.3. The number of imidazole rings is 1. The normalized spacial score (nSPS) is 11.2. The maximum atomic E-state index is 13.2. The average molecular weight is 340 g/mol. The number of carbonyl (C=O) groups is 1. The number of pyridine rings is 1. The summed E-state index contributed by atoms with van der Waals surface area (Å²) in [6.07, 6.45) is 2.54. The SMILES string of the molecule is CC(C)n1c(CCNC(=O)Cc2cccc(F)c2)nc2cccnc21. The van der Waals surface area contributed by atoms with Gasteiger partial charge in [0.05, 0.1) is 6.42 Å². The zero-order chi connectivity index (χ0) is 17.8. The summed E-state index contributed by atoms with van der Waals surface area (Å²) in [5, 5.41) is 2.87. The number of amides is 1. The molecule has 0 saturated heterocycles. The van der Waals surface area contributed by atoms with E-state index in [1.54, 1.807) is 18.3 Å². The van der Waals surface area contributed by atoms with Gasteiger partial charge in [-0.25, -0.2) is 14.4 Å². The summed E-state index contributed by atoms with van der Waals surface area (Å²) in [6.45, 7) is 4.65. The predicted molar refractivity (Wildman–Crippen MR) is 94.7 cm³/mol. The van der Waals surface area contributed by atoms with Crippen molar-refractivity contribution in [3.8, 4) is 0 Å². The van der Waals surface area contributed by atoms with Gasteiger partial charge < -0.3 is 9.88 Å². The van der Waals surface area contributed by atoms with Crippen LogP contribution < -0.4 is 5.32 Å². The van der Waals surface area contributed by atoms with Crippen LogP contribution in [-0.4, -0.2) is 27.0 Å². The minimum absolute atomic E-state index is 0.129. The van der Waals surface area contributed by atoms with E-state index in [0.717, 1.165) is 17.0 Å². The Morgan fingerprint density at radius 3 is 2.88 bits per heavy atom. The highest BCUT2D eigenvalue weighted by molar-refractivity contribution is 5.78. The third kappa shape index (κ3) is 4.02. The minimum atomic E-state index is -0.330. The lowest BCUT2D eigenvalue weighted by Gasteiger charge is -2.12. The molecule has 0 spiro atoms. The smallest absolute Gasteiger partial charge is 0.224 e. The maximum absolute atomic E-state index is 13.2. The molecule has 1 amide bonds. The first kappa shape index (κ1) is 17.1. The van der Waals surface area contributed by atoms with Gasteiger partial charge in [0.1, 0.15) is 17.2 Å². The van der Waals surface area contributed by atoms with Crippen molar-refractivity contribution in [2.24, 2.45) is 0 Å². The highest BCUT2D eigenvalue weighted by Gasteiger charge is 2.14. The number of benzene rings is 1. The lowest BCUT2D eigenvalue weighted by Crippen LogP contribution is -2.28. The second kappa shape index (κ2) is 7.42. The predicted octanol–water partition coefficient (Wildman–Crippen LogP) is 3.05. The molecule has 1 aromatic carbocycles. The van der Waals surface area contributed by atoms with Crippen LogP contribution in [0.4, 0.5) is 4.39 Å². The number of nitrogens with one attached hydrogen (secondary N) is 1. The molecule has 3 aromatic rings. The fourth-order valence-corrected chi connectivity index (χ4v) is 2.90. The fraction of sp³-hybridized carbons (Fsp3) is 0.316. The molecule has 0 bridgehead atoms. The zero-order valence-corrected chi connectivity index (χ0v) is 14.4. The molecule has 0 fully saturated rings. The molecule has 0 aliphatic heterocycles. The van der Waals surface area contributed by atoms with E-state index in [4.69, 9.17) is 0 Å². The molecule has 2 aromatic heterocycles. The maximum Gasteiger partial charge on any atom is 0.224 e. The van der Waals surface area contributed by atoms with Gasteiger partial charge in [-0.2, -0.15) is 0 Å². The average Bonchev–Trinajstić information content (AvgIpc) is 2.93. The Kier molecular flexibility index (Phi) is 5.07. The van der Waals surface area contributed by atoms with Gasteiger partial charge in [0.15, 0.2) is 5.65 Å². The molecule has 0 aliphatic carbocycles. The first-order chi connectivity index (χ1) is 12.0. The zero-order valence-electron chi connectivity index (χ0n) is 14.4. The highest BCUT2D eigenvalue weighted by Crippen LogP contribution is 2.19. The van der Waals surface area contributed by atoms with Crippen molar-refractivity contribution in [3.63, 3.8) is 0 Å². The molecule has 6 heteroatoms. The molecule has 0 unspecified atom stereocenters.